The van der Waals surface area contributed by atoms with Gasteiger partial charge in [0.15, 0.2) is 17.7 Å². The smallest absolute Gasteiger partial charge is 0.167 e. The quantitative estimate of drug-likeness (QED) is 0.553. The van der Waals surface area contributed by atoms with Gasteiger partial charge in [-0.05, 0) is 6.42 Å². The van der Waals surface area contributed by atoms with E-state index >= 15 is 0 Å². The number of anilines is 1. The van der Waals surface area contributed by atoms with Crippen LogP contribution < -0.4 is 5.73 Å². The summed E-state index contributed by atoms with van der Waals surface area (Å²) in [5.74, 6) is 0.218. The van der Waals surface area contributed by atoms with E-state index in [0.717, 1.165) is 0 Å². The summed E-state index contributed by atoms with van der Waals surface area (Å²) in [4.78, 5) is 12.0. The fourth-order valence-corrected chi connectivity index (χ4v) is 2.71. The largest absolute Gasteiger partial charge is 0.394 e. The molecule has 0 aliphatic carbocycles. The van der Waals surface area contributed by atoms with E-state index < -0.39 is 30.6 Å². The van der Waals surface area contributed by atoms with Crippen molar-refractivity contribution in [2.45, 2.75) is 37.4 Å². The van der Waals surface area contributed by atoms with E-state index in [9.17, 15) is 15.3 Å². The maximum absolute atomic E-state index is 10.5. The molecule has 4 atom stereocenters. The number of hydrogen-bond acceptors (Lipinski definition) is 8. The average Bonchev–Trinajstić information content (AvgIpc) is 3.01. The summed E-state index contributed by atoms with van der Waals surface area (Å²) in [5, 5.41) is 30.3. The molecule has 1 saturated heterocycles. The molecule has 0 spiro atoms. The first-order valence-electron chi connectivity index (χ1n) is 6.62. The Morgan fingerprint density at radius 2 is 2.19 bits per heavy atom. The van der Waals surface area contributed by atoms with Crippen LogP contribution in [0.3, 0.4) is 0 Å². The Hall–Kier alpha value is -1.81. The van der Waals surface area contributed by atoms with Crippen LogP contribution in [0.5, 0.6) is 0 Å². The molecule has 1 aliphatic rings. The number of nitrogens with zero attached hydrogens (tertiary/aromatic N) is 4. The third-order valence-electron chi connectivity index (χ3n) is 4.04. The van der Waals surface area contributed by atoms with E-state index in [1.807, 2.05) is 0 Å². The van der Waals surface area contributed by atoms with Gasteiger partial charge >= 0.3 is 0 Å². The fraction of sp³-hybridized carbons (Fsp3) is 0.583. The first-order chi connectivity index (χ1) is 10.0. The minimum Gasteiger partial charge on any atom is -0.394 e. The lowest BCUT2D eigenvalue weighted by molar-refractivity contribution is -0.0944. The van der Waals surface area contributed by atoms with Gasteiger partial charge in [-0.15, -0.1) is 0 Å². The highest BCUT2D eigenvalue weighted by molar-refractivity contribution is 5.81. The molecule has 2 aromatic rings. The maximum Gasteiger partial charge on any atom is 0.167 e. The number of ether oxygens (including phenoxy) is 1. The highest BCUT2D eigenvalue weighted by Crippen LogP contribution is 2.40. The lowest BCUT2D eigenvalue weighted by Gasteiger charge is -2.28. The molecule has 2 aromatic heterocycles. The Bertz CT molecular complexity index is 662. The molecule has 21 heavy (non-hydrogen) atoms. The van der Waals surface area contributed by atoms with Gasteiger partial charge < -0.3 is 25.8 Å². The Morgan fingerprint density at radius 3 is 2.81 bits per heavy atom. The molecular formula is C12H17N5O4. The molecule has 1 aliphatic heterocycles. The number of nitrogens with two attached hydrogens (primary N) is 1. The molecule has 0 bridgehead atoms. The number of hydrogen-bond donors (Lipinski definition) is 4. The van der Waals surface area contributed by atoms with E-state index in [2.05, 4.69) is 15.0 Å². The number of aliphatic hydroxyl groups is 3. The summed E-state index contributed by atoms with van der Waals surface area (Å²) in [5.41, 5.74) is 4.96. The molecule has 0 amide bonds. The van der Waals surface area contributed by atoms with Crippen LogP contribution in [0.15, 0.2) is 12.7 Å². The van der Waals surface area contributed by atoms with Gasteiger partial charge in [0.2, 0.25) is 0 Å². The third kappa shape index (κ3) is 1.89. The second kappa shape index (κ2) is 4.88. The molecular weight excluding hydrogens is 278 g/mol. The molecule has 0 saturated carbocycles. The zero-order valence-electron chi connectivity index (χ0n) is 11.4. The highest BCUT2D eigenvalue weighted by atomic mass is 16.6. The van der Waals surface area contributed by atoms with Gasteiger partial charge in [-0.3, -0.25) is 4.57 Å². The van der Waals surface area contributed by atoms with Gasteiger partial charge in [-0.25, -0.2) is 15.0 Å². The van der Waals surface area contributed by atoms with Crippen LogP contribution in [0, 0.1) is 0 Å². The van der Waals surface area contributed by atoms with Crippen molar-refractivity contribution in [1.82, 2.24) is 19.5 Å². The van der Waals surface area contributed by atoms with Crippen molar-refractivity contribution in [2.24, 2.45) is 0 Å². The van der Waals surface area contributed by atoms with Crippen molar-refractivity contribution in [2.75, 3.05) is 12.3 Å². The SMILES string of the molecule is CC[C@@]1(O)[C@@H](CO)O[C@@H](n2cnc3c(N)ncnc32)[C@@H]1O. The lowest BCUT2D eigenvalue weighted by atomic mass is 9.89. The Balaban J connectivity index is 2.06. The van der Waals surface area contributed by atoms with Gasteiger partial charge in [0, 0.05) is 0 Å². The first kappa shape index (κ1) is 14.1. The van der Waals surface area contributed by atoms with Crippen molar-refractivity contribution in [3.8, 4) is 0 Å². The number of nitrogen functional groups attached to an aromatic ring is 1. The fourth-order valence-electron chi connectivity index (χ4n) is 2.71. The van der Waals surface area contributed by atoms with Gasteiger partial charge in [-0.1, -0.05) is 6.92 Å². The molecule has 5 N–H and O–H groups in total. The molecule has 114 valence electrons. The molecule has 0 unspecified atom stereocenters. The van der Waals surface area contributed by atoms with Crippen LogP contribution >= 0.6 is 0 Å². The van der Waals surface area contributed by atoms with Gasteiger partial charge in [0.1, 0.15) is 29.7 Å². The number of rotatable bonds is 3. The van der Waals surface area contributed by atoms with Crippen molar-refractivity contribution < 1.29 is 20.1 Å². The van der Waals surface area contributed by atoms with E-state index in [-0.39, 0.29) is 12.2 Å². The number of imidazole rings is 1. The Morgan fingerprint density at radius 1 is 1.43 bits per heavy atom. The standard InChI is InChI=1S/C12H17N5O4/c1-2-12(20)6(3-18)21-11(8(12)19)17-5-16-7-9(13)14-4-15-10(7)17/h4-6,8,11,18-20H,2-3H2,1H3,(H2,13,14,15)/t6-,8+,11-,12-/m1/s1. The topological polar surface area (TPSA) is 140 Å². The predicted octanol–water partition coefficient (Wildman–Crippen LogP) is -1.20. The van der Waals surface area contributed by atoms with Crippen LogP contribution in [0.1, 0.15) is 19.6 Å². The monoisotopic (exact) mass is 295 g/mol. The summed E-state index contributed by atoms with van der Waals surface area (Å²) >= 11 is 0. The zero-order valence-corrected chi connectivity index (χ0v) is 11.4. The predicted molar refractivity (Wildman–Crippen MR) is 72.0 cm³/mol. The van der Waals surface area contributed by atoms with Crippen molar-refractivity contribution in [1.29, 1.82) is 0 Å². The first-order valence-corrected chi connectivity index (χ1v) is 6.62. The van der Waals surface area contributed by atoms with Gasteiger partial charge in [0.25, 0.3) is 0 Å². The van der Waals surface area contributed by atoms with Crippen LogP contribution in [0.4, 0.5) is 5.82 Å². The number of fused-ring (bicyclic) bond motifs is 1. The molecule has 3 heterocycles. The molecule has 0 radical (unpaired) electrons. The summed E-state index contributed by atoms with van der Waals surface area (Å²) in [6.45, 7) is 1.31. The number of aromatic nitrogens is 4. The summed E-state index contributed by atoms with van der Waals surface area (Å²) < 4.78 is 7.07. The second-order valence-electron chi connectivity index (χ2n) is 5.07. The van der Waals surface area contributed by atoms with Crippen LogP contribution in [0.2, 0.25) is 0 Å². The Labute approximate surface area is 120 Å². The molecule has 9 heteroatoms. The minimum absolute atomic E-state index is 0.218. The van der Waals surface area contributed by atoms with E-state index in [1.165, 1.54) is 17.2 Å². The minimum atomic E-state index is -1.53. The van der Waals surface area contributed by atoms with Crippen LogP contribution in [0.25, 0.3) is 11.2 Å². The van der Waals surface area contributed by atoms with Crippen molar-refractivity contribution >= 4 is 17.0 Å². The van der Waals surface area contributed by atoms with Crippen LogP contribution in [-0.4, -0.2) is 59.3 Å². The van der Waals surface area contributed by atoms with E-state index in [0.29, 0.717) is 11.2 Å². The second-order valence-corrected chi connectivity index (χ2v) is 5.07. The summed E-state index contributed by atoms with van der Waals surface area (Å²) in [6, 6.07) is 0. The average molecular weight is 295 g/mol. The maximum atomic E-state index is 10.5. The van der Waals surface area contributed by atoms with E-state index in [1.54, 1.807) is 6.92 Å². The molecule has 1 fully saturated rings. The highest BCUT2D eigenvalue weighted by Gasteiger charge is 2.54. The normalized spacial score (nSPS) is 32.9. The molecule has 0 aromatic carbocycles. The molecule has 9 nitrogen and oxygen atoms in total. The zero-order chi connectivity index (χ0) is 15.2. The van der Waals surface area contributed by atoms with Crippen LogP contribution in [-0.2, 0) is 4.74 Å². The van der Waals surface area contributed by atoms with Crippen molar-refractivity contribution in [3.63, 3.8) is 0 Å². The number of aliphatic hydroxyl groups excluding tert-OH is 2. The molecule has 3 rings (SSSR count). The Kier molecular flexibility index (Phi) is 3.29. The summed E-state index contributed by atoms with van der Waals surface area (Å²) in [6.07, 6.45) is -0.0926. The lowest BCUT2D eigenvalue weighted by Crippen LogP contribution is -2.48. The summed E-state index contributed by atoms with van der Waals surface area (Å²) in [7, 11) is 0. The van der Waals surface area contributed by atoms with E-state index in [4.69, 9.17) is 10.5 Å². The van der Waals surface area contributed by atoms with Crippen molar-refractivity contribution in [3.05, 3.63) is 12.7 Å². The van der Waals surface area contributed by atoms with Gasteiger partial charge in [0.05, 0.1) is 12.9 Å². The third-order valence-corrected chi connectivity index (χ3v) is 4.04. The van der Waals surface area contributed by atoms with Gasteiger partial charge in [-0.2, -0.15) is 0 Å².